The molecule has 2 aromatic rings. The first kappa shape index (κ1) is 10.9. The Labute approximate surface area is 105 Å². The van der Waals surface area contributed by atoms with E-state index in [1.165, 1.54) is 24.3 Å². The fourth-order valence-corrected chi connectivity index (χ4v) is 3.48. The van der Waals surface area contributed by atoms with Gasteiger partial charge in [0.25, 0.3) is 0 Å². The standard InChI is InChI=1S/C12H16N4S/c13-10-3-4-11-14-15-12(16(11)7-10)6-9-2-1-5-17-8-9/h3-4,7,9H,1-2,5-6,8,13H2. The summed E-state index contributed by atoms with van der Waals surface area (Å²) in [6.45, 7) is 0. The van der Waals surface area contributed by atoms with Crippen LogP contribution in [-0.4, -0.2) is 26.1 Å². The molecule has 4 nitrogen and oxygen atoms in total. The molecule has 2 aromatic heterocycles. The van der Waals surface area contributed by atoms with E-state index >= 15 is 0 Å². The summed E-state index contributed by atoms with van der Waals surface area (Å²) in [7, 11) is 0. The molecule has 17 heavy (non-hydrogen) atoms. The van der Waals surface area contributed by atoms with Gasteiger partial charge in [-0.1, -0.05) is 0 Å². The second-order valence-electron chi connectivity index (χ2n) is 4.59. The predicted octanol–water partition coefficient (Wildman–Crippen LogP) is 2.00. The van der Waals surface area contributed by atoms with Crippen molar-refractivity contribution in [1.29, 1.82) is 0 Å². The lowest BCUT2D eigenvalue weighted by atomic mass is 10.0. The highest BCUT2D eigenvalue weighted by atomic mass is 32.2. The zero-order valence-electron chi connectivity index (χ0n) is 9.67. The minimum atomic E-state index is 0.739. The quantitative estimate of drug-likeness (QED) is 0.883. The Hall–Kier alpha value is -1.23. The molecule has 1 fully saturated rings. The Morgan fingerprint density at radius 3 is 3.18 bits per heavy atom. The smallest absolute Gasteiger partial charge is 0.160 e. The van der Waals surface area contributed by atoms with E-state index in [9.17, 15) is 0 Å². The molecule has 0 aliphatic carbocycles. The molecule has 0 amide bonds. The lowest BCUT2D eigenvalue weighted by Gasteiger charge is -2.20. The maximum atomic E-state index is 5.80. The van der Waals surface area contributed by atoms with Crippen molar-refractivity contribution in [2.75, 3.05) is 17.2 Å². The highest BCUT2D eigenvalue weighted by Crippen LogP contribution is 2.25. The molecule has 0 saturated carbocycles. The van der Waals surface area contributed by atoms with Gasteiger partial charge in [-0.05, 0) is 42.4 Å². The molecular formula is C12H16N4S. The average molecular weight is 248 g/mol. The molecule has 0 aromatic carbocycles. The topological polar surface area (TPSA) is 56.2 Å². The second kappa shape index (κ2) is 4.56. The van der Waals surface area contributed by atoms with Gasteiger partial charge in [0.05, 0.1) is 0 Å². The first-order chi connectivity index (χ1) is 8.33. The minimum Gasteiger partial charge on any atom is -0.398 e. The van der Waals surface area contributed by atoms with Crippen LogP contribution in [-0.2, 0) is 6.42 Å². The van der Waals surface area contributed by atoms with Gasteiger partial charge in [-0.25, -0.2) is 0 Å². The number of nitrogens with two attached hydrogens (primary N) is 1. The van der Waals surface area contributed by atoms with E-state index in [2.05, 4.69) is 22.0 Å². The van der Waals surface area contributed by atoms with E-state index in [-0.39, 0.29) is 0 Å². The van der Waals surface area contributed by atoms with Crippen molar-refractivity contribution in [3.8, 4) is 0 Å². The van der Waals surface area contributed by atoms with Gasteiger partial charge in [0.15, 0.2) is 5.65 Å². The molecule has 0 radical (unpaired) electrons. The number of hydrogen-bond acceptors (Lipinski definition) is 4. The Morgan fingerprint density at radius 2 is 2.35 bits per heavy atom. The van der Waals surface area contributed by atoms with Crippen molar-refractivity contribution in [3.63, 3.8) is 0 Å². The molecule has 1 aliphatic rings. The van der Waals surface area contributed by atoms with E-state index in [1.807, 2.05) is 22.7 Å². The van der Waals surface area contributed by atoms with Gasteiger partial charge in [-0.15, -0.1) is 10.2 Å². The van der Waals surface area contributed by atoms with Crippen molar-refractivity contribution < 1.29 is 0 Å². The van der Waals surface area contributed by atoms with Crippen LogP contribution in [0.3, 0.4) is 0 Å². The van der Waals surface area contributed by atoms with Gasteiger partial charge in [0.1, 0.15) is 5.82 Å². The van der Waals surface area contributed by atoms with Gasteiger partial charge >= 0.3 is 0 Å². The summed E-state index contributed by atoms with van der Waals surface area (Å²) in [4.78, 5) is 0. The number of hydrogen-bond donors (Lipinski definition) is 1. The van der Waals surface area contributed by atoms with Crippen molar-refractivity contribution >= 4 is 23.1 Å². The number of anilines is 1. The summed E-state index contributed by atoms with van der Waals surface area (Å²) in [6, 6.07) is 3.78. The highest BCUT2D eigenvalue weighted by molar-refractivity contribution is 7.99. The van der Waals surface area contributed by atoms with Crippen molar-refractivity contribution in [1.82, 2.24) is 14.6 Å². The number of fused-ring (bicyclic) bond motifs is 1. The number of pyridine rings is 1. The Kier molecular flexibility index (Phi) is 2.93. The van der Waals surface area contributed by atoms with Crippen LogP contribution in [0.2, 0.25) is 0 Å². The third-order valence-corrected chi connectivity index (χ3v) is 4.51. The molecule has 3 heterocycles. The highest BCUT2D eigenvalue weighted by Gasteiger charge is 2.17. The summed E-state index contributed by atoms with van der Waals surface area (Å²) in [5.74, 6) is 4.34. The second-order valence-corrected chi connectivity index (χ2v) is 5.74. The summed E-state index contributed by atoms with van der Waals surface area (Å²) in [5.41, 5.74) is 7.45. The molecule has 5 heteroatoms. The van der Waals surface area contributed by atoms with Crippen LogP contribution in [0.4, 0.5) is 5.69 Å². The first-order valence-electron chi connectivity index (χ1n) is 6.00. The fourth-order valence-electron chi connectivity index (χ4n) is 2.32. The molecule has 3 rings (SSSR count). The maximum absolute atomic E-state index is 5.80. The lowest BCUT2D eigenvalue weighted by molar-refractivity contribution is 0.506. The molecule has 1 saturated heterocycles. The largest absolute Gasteiger partial charge is 0.398 e. The lowest BCUT2D eigenvalue weighted by Crippen LogP contribution is -2.14. The Bertz CT molecular complexity index is 516. The molecule has 1 atom stereocenters. The first-order valence-corrected chi connectivity index (χ1v) is 7.15. The summed E-state index contributed by atoms with van der Waals surface area (Å²) in [5, 5.41) is 8.45. The van der Waals surface area contributed by atoms with E-state index < -0.39 is 0 Å². The van der Waals surface area contributed by atoms with Crippen LogP contribution in [0.25, 0.3) is 5.65 Å². The monoisotopic (exact) mass is 248 g/mol. The van der Waals surface area contributed by atoms with Crippen molar-refractivity contribution in [2.45, 2.75) is 19.3 Å². The van der Waals surface area contributed by atoms with Gasteiger partial charge in [-0.3, -0.25) is 4.40 Å². The molecule has 0 spiro atoms. The normalized spacial score (nSPS) is 20.8. The van der Waals surface area contributed by atoms with E-state index in [1.54, 1.807) is 0 Å². The maximum Gasteiger partial charge on any atom is 0.160 e. The Morgan fingerprint density at radius 1 is 1.41 bits per heavy atom. The predicted molar refractivity (Wildman–Crippen MR) is 71.2 cm³/mol. The molecule has 2 N–H and O–H groups in total. The number of rotatable bonds is 2. The van der Waals surface area contributed by atoms with Gasteiger partial charge in [0, 0.05) is 18.3 Å². The third kappa shape index (κ3) is 2.24. The summed E-state index contributed by atoms with van der Waals surface area (Å²) < 4.78 is 2.02. The van der Waals surface area contributed by atoms with Crippen LogP contribution in [0.1, 0.15) is 18.7 Å². The summed E-state index contributed by atoms with van der Waals surface area (Å²) in [6.07, 6.45) is 5.57. The zero-order valence-corrected chi connectivity index (χ0v) is 10.5. The SMILES string of the molecule is Nc1ccc2nnc(CC3CCCSC3)n2c1. The van der Waals surface area contributed by atoms with E-state index in [0.717, 1.165) is 29.5 Å². The van der Waals surface area contributed by atoms with E-state index in [0.29, 0.717) is 0 Å². The third-order valence-electron chi connectivity index (χ3n) is 3.22. The van der Waals surface area contributed by atoms with Crippen LogP contribution < -0.4 is 5.73 Å². The number of nitrogens with zero attached hydrogens (tertiary/aromatic N) is 3. The molecule has 90 valence electrons. The van der Waals surface area contributed by atoms with E-state index in [4.69, 9.17) is 5.73 Å². The Balaban J connectivity index is 1.86. The number of aromatic nitrogens is 3. The number of thioether (sulfide) groups is 1. The molecule has 1 unspecified atom stereocenters. The molecule has 1 aliphatic heterocycles. The number of nitrogen functional groups attached to an aromatic ring is 1. The average Bonchev–Trinajstić information content (AvgIpc) is 2.73. The zero-order chi connectivity index (χ0) is 11.7. The fraction of sp³-hybridized carbons (Fsp3) is 0.500. The van der Waals surface area contributed by atoms with Crippen LogP contribution in [0, 0.1) is 5.92 Å². The van der Waals surface area contributed by atoms with Crippen LogP contribution in [0.5, 0.6) is 0 Å². The van der Waals surface area contributed by atoms with Crippen LogP contribution >= 0.6 is 11.8 Å². The van der Waals surface area contributed by atoms with Crippen LogP contribution in [0.15, 0.2) is 18.3 Å². The molecule has 0 bridgehead atoms. The van der Waals surface area contributed by atoms with Gasteiger partial charge in [0.2, 0.25) is 0 Å². The molecular weight excluding hydrogens is 232 g/mol. The van der Waals surface area contributed by atoms with Crippen molar-refractivity contribution in [2.24, 2.45) is 5.92 Å². The van der Waals surface area contributed by atoms with Crippen molar-refractivity contribution in [3.05, 3.63) is 24.2 Å². The minimum absolute atomic E-state index is 0.739. The van der Waals surface area contributed by atoms with Gasteiger partial charge in [-0.2, -0.15) is 11.8 Å². The van der Waals surface area contributed by atoms with Gasteiger partial charge < -0.3 is 5.73 Å². The summed E-state index contributed by atoms with van der Waals surface area (Å²) >= 11 is 2.05.